The highest BCUT2D eigenvalue weighted by molar-refractivity contribution is 7.80. The molecule has 124 valence electrons. The Morgan fingerprint density at radius 2 is 1.95 bits per heavy atom. The van der Waals surface area contributed by atoms with Gasteiger partial charge in [-0.05, 0) is 12.2 Å². The maximum Gasteiger partial charge on any atom is 0.417 e. The molecule has 0 spiro atoms. The van der Waals surface area contributed by atoms with Crippen molar-refractivity contribution in [1.82, 2.24) is 10.6 Å². The predicted octanol–water partition coefficient (Wildman–Crippen LogP) is -1.17. The first-order valence-corrected chi connectivity index (χ1v) is 6.42. The van der Waals surface area contributed by atoms with Gasteiger partial charge in [-0.25, -0.2) is 4.39 Å². The van der Waals surface area contributed by atoms with Crippen molar-refractivity contribution < 1.29 is 37.6 Å². The molecule has 6 nitrogen and oxygen atoms in total. The Labute approximate surface area is 123 Å². The molecule has 0 bridgehead atoms. The van der Waals surface area contributed by atoms with Gasteiger partial charge in [-0.1, -0.05) is 0 Å². The van der Waals surface area contributed by atoms with Gasteiger partial charge in [-0.2, -0.15) is 13.2 Å². The minimum atomic E-state index is -4.98. The normalized spacial score (nSPS) is 31.6. The maximum absolute atomic E-state index is 12.4. The van der Waals surface area contributed by atoms with Crippen LogP contribution in [-0.2, 0) is 4.74 Å². The van der Waals surface area contributed by atoms with E-state index in [-0.39, 0.29) is 11.7 Å². The lowest BCUT2D eigenvalue weighted by molar-refractivity contribution is -0.269. The van der Waals surface area contributed by atoms with Gasteiger partial charge in [0, 0.05) is 6.54 Å². The van der Waals surface area contributed by atoms with E-state index < -0.39 is 49.9 Å². The van der Waals surface area contributed by atoms with Crippen LogP contribution >= 0.6 is 12.2 Å². The van der Waals surface area contributed by atoms with Crippen LogP contribution in [0.25, 0.3) is 0 Å². The monoisotopic (exact) mass is 336 g/mol. The molecule has 1 saturated heterocycles. The Kier molecular flexibility index (Phi) is 6.53. The highest BCUT2D eigenvalue weighted by atomic mass is 32.1. The molecule has 0 radical (unpaired) electrons. The van der Waals surface area contributed by atoms with E-state index in [0.717, 1.165) is 0 Å². The van der Waals surface area contributed by atoms with Crippen molar-refractivity contribution in [2.24, 2.45) is 0 Å². The number of aliphatic hydroxyl groups excluding tert-OH is 3. The van der Waals surface area contributed by atoms with Gasteiger partial charge in [0.25, 0.3) is 0 Å². The molecule has 1 heterocycles. The van der Waals surface area contributed by atoms with E-state index in [1.807, 2.05) is 0 Å². The lowest BCUT2D eigenvalue weighted by Gasteiger charge is -2.40. The average molecular weight is 336 g/mol. The van der Waals surface area contributed by atoms with Crippen LogP contribution in [0.3, 0.4) is 0 Å². The Balaban J connectivity index is 2.60. The van der Waals surface area contributed by atoms with Crippen molar-refractivity contribution >= 4 is 17.3 Å². The van der Waals surface area contributed by atoms with E-state index in [1.54, 1.807) is 0 Å². The molecule has 1 aliphatic rings. The first-order valence-electron chi connectivity index (χ1n) is 6.01. The first-order chi connectivity index (χ1) is 9.68. The van der Waals surface area contributed by atoms with Crippen LogP contribution in [0.4, 0.5) is 17.6 Å². The third-order valence-electron chi connectivity index (χ3n) is 2.91. The minimum Gasteiger partial charge on any atom is -0.388 e. The Morgan fingerprint density at radius 1 is 1.33 bits per heavy atom. The zero-order chi connectivity index (χ0) is 16.2. The molecule has 1 aliphatic heterocycles. The molecule has 1 rings (SSSR count). The van der Waals surface area contributed by atoms with Gasteiger partial charge in [0.05, 0.1) is 12.6 Å². The van der Waals surface area contributed by atoms with Crippen molar-refractivity contribution in [3.05, 3.63) is 0 Å². The Bertz CT molecular complexity index is 360. The number of hydrogen-bond donors (Lipinski definition) is 5. The van der Waals surface area contributed by atoms with Crippen LogP contribution in [-0.4, -0.2) is 76.9 Å². The van der Waals surface area contributed by atoms with Crippen molar-refractivity contribution in [3.8, 4) is 0 Å². The molecule has 0 aromatic rings. The van der Waals surface area contributed by atoms with E-state index in [2.05, 4.69) is 10.6 Å². The molecule has 0 amide bonds. The second-order valence-electron chi connectivity index (χ2n) is 4.46. The summed E-state index contributed by atoms with van der Waals surface area (Å²) in [5, 5.41) is 33.3. The summed E-state index contributed by atoms with van der Waals surface area (Å²) in [5.41, 5.74) is 0. The van der Waals surface area contributed by atoms with Crippen molar-refractivity contribution in [1.29, 1.82) is 0 Å². The van der Waals surface area contributed by atoms with Gasteiger partial charge in [0.15, 0.2) is 11.2 Å². The van der Waals surface area contributed by atoms with Crippen LogP contribution in [0.1, 0.15) is 0 Å². The maximum atomic E-state index is 12.4. The number of halogens is 4. The van der Waals surface area contributed by atoms with Crippen LogP contribution in [0.2, 0.25) is 0 Å². The fourth-order valence-corrected chi connectivity index (χ4v) is 2.07. The molecule has 0 aliphatic carbocycles. The fraction of sp³-hybridized carbons (Fsp3) is 0.900. The fourth-order valence-electron chi connectivity index (χ4n) is 1.82. The molecule has 0 aromatic carbocycles. The summed E-state index contributed by atoms with van der Waals surface area (Å²) < 4.78 is 53.8. The van der Waals surface area contributed by atoms with E-state index >= 15 is 0 Å². The van der Waals surface area contributed by atoms with Crippen molar-refractivity contribution in [3.63, 3.8) is 0 Å². The summed E-state index contributed by atoms with van der Waals surface area (Å²) >= 11 is 4.77. The number of hydrogen-bond acceptors (Lipinski definition) is 5. The molecule has 21 heavy (non-hydrogen) atoms. The summed E-state index contributed by atoms with van der Waals surface area (Å²) in [7, 11) is 0. The lowest BCUT2D eigenvalue weighted by Crippen LogP contribution is -2.64. The van der Waals surface area contributed by atoms with E-state index in [0.29, 0.717) is 0 Å². The number of aliphatic hydroxyl groups is 3. The third kappa shape index (κ3) is 4.88. The minimum absolute atomic E-state index is 0.0395. The molecule has 5 unspecified atom stereocenters. The van der Waals surface area contributed by atoms with Gasteiger partial charge in [0.1, 0.15) is 25.0 Å². The Hall–Kier alpha value is -0.750. The Morgan fingerprint density at radius 3 is 2.48 bits per heavy atom. The topological polar surface area (TPSA) is 94.0 Å². The third-order valence-corrected chi connectivity index (χ3v) is 3.17. The zero-order valence-electron chi connectivity index (χ0n) is 10.7. The SMILES string of the molecule is OC1C(NC(=S)NCCF)COC(C(O)C(F)(F)F)C1O. The molecular weight excluding hydrogens is 320 g/mol. The average Bonchev–Trinajstić information content (AvgIpc) is 2.40. The van der Waals surface area contributed by atoms with E-state index in [4.69, 9.17) is 22.1 Å². The van der Waals surface area contributed by atoms with Gasteiger partial charge < -0.3 is 30.7 Å². The smallest absolute Gasteiger partial charge is 0.388 e. The quantitative estimate of drug-likeness (QED) is 0.326. The summed E-state index contributed by atoms with van der Waals surface area (Å²) in [6.45, 7) is -1.19. The highest BCUT2D eigenvalue weighted by Crippen LogP contribution is 2.28. The second kappa shape index (κ2) is 7.49. The van der Waals surface area contributed by atoms with Crippen LogP contribution in [0.15, 0.2) is 0 Å². The number of thiocarbonyl (C=S) groups is 1. The van der Waals surface area contributed by atoms with Crippen LogP contribution in [0.5, 0.6) is 0 Å². The van der Waals surface area contributed by atoms with Crippen LogP contribution in [0, 0.1) is 0 Å². The number of nitrogens with one attached hydrogen (secondary N) is 2. The molecule has 5 atom stereocenters. The number of alkyl halides is 4. The van der Waals surface area contributed by atoms with Gasteiger partial charge in [0.2, 0.25) is 0 Å². The second-order valence-corrected chi connectivity index (χ2v) is 4.87. The molecule has 11 heteroatoms. The molecule has 0 saturated carbocycles. The van der Waals surface area contributed by atoms with Crippen LogP contribution < -0.4 is 10.6 Å². The summed E-state index contributed by atoms with van der Waals surface area (Å²) in [4.78, 5) is 0. The van der Waals surface area contributed by atoms with Gasteiger partial charge >= 0.3 is 6.18 Å². The molecule has 1 fully saturated rings. The number of ether oxygens (including phenoxy) is 1. The van der Waals surface area contributed by atoms with Gasteiger partial charge in [-0.15, -0.1) is 0 Å². The van der Waals surface area contributed by atoms with E-state index in [9.17, 15) is 27.8 Å². The van der Waals surface area contributed by atoms with Crippen molar-refractivity contribution in [2.75, 3.05) is 19.8 Å². The summed E-state index contributed by atoms with van der Waals surface area (Å²) in [5.74, 6) is 0. The largest absolute Gasteiger partial charge is 0.417 e. The summed E-state index contributed by atoms with van der Waals surface area (Å²) in [6.07, 6.45) is -13.5. The molecule has 5 N–H and O–H groups in total. The zero-order valence-corrected chi connectivity index (χ0v) is 11.5. The van der Waals surface area contributed by atoms with Crippen molar-refractivity contribution in [2.45, 2.75) is 36.6 Å². The van der Waals surface area contributed by atoms with E-state index in [1.165, 1.54) is 0 Å². The highest BCUT2D eigenvalue weighted by Gasteiger charge is 2.51. The molecule has 0 aromatic heterocycles. The van der Waals surface area contributed by atoms with Gasteiger partial charge in [-0.3, -0.25) is 0 Å². The number of rotatable bonds is 4. The lowest BCUT2D eigenvalue weighted by atomic mass is 9.94. The standard InChI is InChI=1S/C10H16F4N2O4S/c11-1-2-15-9(21)16-4-3-20-7(6(18)5(4)17)8(19)10(12,13)14/h4-8,17-19H,1-3H2,(H2,15,16,21). The predicted molar refractivity (Wildman–Crippen MR) is 67.3 cm³/mol. The molecular formula is C10H16F4N2O4S. The first kappa shape index (κ1) is 18.3. The summed E-state index contributed by atoms with van der Waals surface area (Å²) in [6, 6.07) is -0.990.